The molecule has 1 aromatic rings. The average Bonchev–Trinajstić information content (AvgIpc) is 3.48. The third-order valence-corrected chi connectivity index (χ3v) is 4.49. The normalized spacial score (nSPS) is 16.7. The van der Waals surface area contributed by atoms with E-state index in [4.69, 9.17) is 5.11 Å². The predicted octanol–water partition coefficient (Wildman–Crippen LogP) is 2.64. The molecule has 3 rings (SSSR count). The van der Waals surface area contributed by atoms with Gasteiger partial charge in [0.2, 0.25) is 6.41 Å². The molecule has 138 valence electrons. The molecule has 1 saturated carbocycles. The first-order valence-corrected chi connectivity index (χ1v) is 8.76. The smallest absolute Gasteiger partial charge is 0.209 e. The number of nitrogens with zero attached hydrogens (tertiary/aromatic N) is 1. The van der Waals surface area contributed by atoms with Crippen LogP contribution in [0.1, 0.15) is 48.5 Å². The SMILES string of the molecule is CC(=O)c1cccc(C)c1.CO.O=CN1CCC(C(=O)C2CC2)CC1. The maximum absolute atomic E-state index is 11.6. The molecule has 25 heavy (non-hydrogen) atoms. The highest BCUT2D eigenvalue weighted by Crippen LogP contribution is 2.35. The van der Waals surface area contributed by atoms with Crippen molar-refractivity contribution in [1.29, 1.82) is 0 Å². The number of ketones is 2. The van der Waals surface area contributed by atoms with Crippen molar-refractivity contribution >= 4 is 18.0 Å². The van der Waals surface area contributed by atoms with E-state index in [1.165, 1.54) is 0 Å². The monoisotopic (exact) mass is 347 g/mol. The first-order chi connectivity index (χ1) is 12.0. The maximum Gasteiger partial charge on any atom is 0.209 e. The van der Waals surface area contributed by atoms with Crippen LogP contribution in [0.4, 0.5) is 0 Å². The Morgan fingerprint density at radius 2 is 1.64 bits per heavy atom. The molecule has 5 nitrogen and oxygen atoms in total. The van der Waals surface area contributed by atoms with E-state index in [1.807, 2.05) is 31.2 Å². The Bertz CT molecular complexity index is 573. The lowest BCUT2D eigenvalue weighted by Gasteiger charge is -2.28. The Kier molecular flexibility index (Phi) is 9.06. The number of carbonyl (C=O) groups excluding carboxylic acids is 3. The van der Waals surface area contributed by atoms with Gasteiger partial charge in [-0.1, -0.05) is 23.8 Å². The molecule has 0 atom stereocenters. The number of amides is 1. The van der Waals surface area contributed by atoms with Crippen molar-refractivity contribution in [3.8, 4) is 0 Å². The van der Waals surface area contributed by atoms with Crippen molar-refractivity contribution in [2.45, 2.75) is 39.5 Å². The highest BCUT2D eigenvalue weighted by molar-refractivity contribution is 5.94. The lowest BCUT2D eigenvalue weighted by molar-refractivity contribution is -0.128. The quantitative estimate of drug-likeness (QED) is 0.671. The van der Waals surface area contributed by atoms with Gasteiger partial charge in [0.25, 0.3) is 0 Å². The number of benzene rings is 1. The zero-order valence-electron chi connectivity index (χ0n) is 15.4. The Morgan fingerprint density at radius 3 is 2.04 bits per heavy atom. The van der Waals surface area contributed by atoms with E-state index in [-0.39, 0.29) is 11.7 Å². The summed E-state index contributed by atoms with van der Waals surface area (Å²) in [5, 5.41) is 7.00. The number of rotatable bonds is 4. The second-order valence-electron chi connectivity index (χ2n) is 6.52. The second-order valence-corrected chi connectivity index (χ2v) is 6.52. The molecule has 1 N–H and O–H groups in total. The first-order valence-electron chi connectivity index (χ1n) is 8.76. The van der Waals surface area contributed by atoms with Gasteiger partial charge < -0.3 is 10.0 Å². The van der Waals surface area contributed by atoms with Crippen LogP contribution in [0.2, 0.25) is 0 Å². The van der Waals surface area contributed by atoms with Crippen LogP contribution < -0.4 is 0 Å². The van der Waals surface area contributed by atoms with E-state index in [9.17, 15) is 14.4 Å². The van der Waals surface area contributed by atoms with Crippen molar-refractivity contribution in [1.82, 2.24) is 4.90 Å². The van der Waals surface area contributed by atoms with E-state index in [1.54, 1.807) is 11.8 Å². The molecule has 5 heteroatoms. The number of hydrogen-bond acceptors (Lipinski definition) is 4. The molecule has 1 heterocycles. The van der Waals surface area contributed by atoms with Gasteiger partial charge in [0.15, 0.2) is 5.78 Å². The minimum atomic E-state index is 0.128. The number of Topliss-reactive ketones (excluding diaryl/α,β-unsaturated/α-hetero) is 2. The van der Waals surface area contributed by atoms with Crippen LogP contribution in [0.3, 0.4) is 0 Å². The largest absolute Gasteiger partial charge is 0.400 e. The number of likely N-dealkylation sites (tertiary alicyclic amines) is 1. The number of piperidine rings is 1. The molecule has 1 amide bonds. The van der Waals surface area contributed by atoms with Gasteiger partial charge in [-0.3, -0.25) is 14.4 Å². The van der Waals surface area contributed by atoms with Gasteiger partial charge in [-0.2, -0.15) is 0 Å². The standard InChI is InChI=1S/C10H15NO2.C9H10O.CH4O/c12-7-11-5-3-9(4-6-11)10(13)8-1-2-8;1-7-4-3-5-9(6-7)8(2)10;1-2/h7-9H,1-6H2;3-6H,1-2H3;2H,1H3. The van der Waals surface area contributed by atoms with Gasteiger partial charge in [0, 0.05) is 37.6 Å². The summed E-state index contributed by atoms with van der Waals surface area (Å²) in [6, 6.07) is 7.59. The molecule has 2 fully saturated rings. The maximum atomic E-state index is 11.6. The highest BCUT2D eigenvalue weighted by atomic mass is 16.2. The van der Waals surface area contributed by atoms with Crippen molar-refractivity contribution < 1.29 is 19.5 Å². The highest BCUT2D eigenvalue weighted by Gasteiger charge is 2.35. The summed E-state index contributed by atoms with van der Waals surface area (Å²) in [6.45, 7) is 5.10. The summed E-state index contributed by atoms with van der Waals surface area (Å²) in [4.78, 5) is 34.6. The molecule has 0 spiro atoms. The van der Waals surface area contributed by atoms with Gasteiger partial charge in [-0.25, -0.2) is 0 Å². The summed E-state index contributed by atoms with van der Waals surface area (Å²) in [5.41, 5.74) is 1.92. The van der Waals surface area contributed by atoms with Crippen molar-refractivity contribution in [2.24, 2.45) is 11.8 Å². The van der Waals surface area contributed by atoms with E-state index in [2.05, 4.69) is 0 Å². The third kappa shape index (κ3) is 7.18. The van der Waals surface area contributed by atoms with Crippen LogP contribution in [0.25, 0.3) is 0 Å². The lowest BCUT2D eigenvalue weighted by Crippen LogP contribution is -2.35. The van der Waals surface area contributed by atoms with Crippen LogP contribution in [-0.4, -0.2) is 48.2 Å². The molecule has 1 aromatic carbocycles. The van der Waals surface area contributed by atoms with Crippen molar-refractivity contribution in [2.75, 3.05) is 20.2 Å². The van der Waals surface area contributed by atoms with Crippen LogP contribution >= 0.6 is 0 Å². The Balaban J connectivity index is 0.000000235. The van der Waals surface area contributed by atoms with Gasteiger partial charge in [0.1, 0.15) is 5.78 Å². The van der Waals surface area contributed by atoms with Gasteiger partial charge >= 0.3 is 0 Å². The summed E-state index contributed by atoms with van der Waals surface area (Å²) in [6.07, 6.45) is 4.86. The summed E-state index contributed by atoms with van der Waals surface area (Å²) < 4.78 is 0. The molecule has 1 saturated heterocycles. The molecular formula is C20H29NO4. The minimum absolute atomic E-state index is 0.128. The molecule has 2 aliphatic rings. The average molecular weight is 347 g/mol. The predicted molar refractivity (Wildman–Crippen MR) is 97.4 cm³/mol. The summed E-state index contributed by atoms with van der Waals surface area (Å²) in [7, 11) is 1.00. The van der Waals surface area contributed by atoms with Crippen molar-refractivity contribution in [3.63, 3.8) is 0 Å². The zero-order chi connectivity index (χ0) is 18.8. The van der Waals surface area contributed by atoms with E-state index < -0.39 is 0 Å². The minimum Gasteiger partial charge on any atom is -0.400 e. The Morgan fingerprint density at radius 1 is 1.08 bits per heavy atom. The number of aryl methyl sites for hydroxylation is 1. The molecule has 0 radical (unpaired) electrons. The van der Waals surface area contributed by atoms with Gasteiger partial charge in [-0.15, -0.1) is 0 Å². The zero-order valence-corrected chi connectivity index (χ0v) is 15.4. The second kappa shape index (κ2) is 10.8. The summed E-state index contributed by atoms with van der Waals surface area (Å²) >= 11 is 0. The Hall–Kier alpha value is -2.01. The number of aliphatic hydroxyl groups is 1. The number of carbonyl (C=O) groups is 3. The van der Waals surface area contributed by atoms with Crippen molar-refractivity contribution in [3.05, 3.63) is 35.4 Å². The van der Waals surface area contributed by atoms with Gasteiger partial charge in [-0.05, 0) is 45.6 Å². The van der Waals surface area contributed by atoms with Crippen LogP contribution in [0.15, 0.2) is 24.3 Å². The third-order valence-electron chi connectivity index (χ3n) is 4.49. The fraction of sp³-hybridized carbons (Fsp3) is 0.550. The number of aliphatic hydroxyl groups excluding tert-OH is 1. The fourth-order valence-electron chi connectivity index (χ4n) is 2.85. The van der Waals surface area contributed by atoms with E-state index in [0.29, 0.717) is 11.7 Å². The molecule has 1 aliphatic carbocycles. The molecule has 0 aromatic heterocycles. The molecule has 0 bridgehead atoms. The van der Waals surface area contributed by atoms with E-state index in [0.717, 1.165) is 63.4 Å². The lowest BCUT2D eigenvalue weighted by atomic mass is 9.90. The van der Waals surface area contributed by atoms with E-state index >= 15 is 0 Å². The fourth-order valence-corrected chi connectivity index (χ4v) is 2.85. The molecule has 0 unspecified atom stereocenters. The molecular weight excluding hydrogens is 318 g/mol. The van der Waals surface area contributed by atoms with Gasteiger partial charge in [0.05, 0.1) is 0 Å². The molecule has 1 aliphatic heterocycles. The topological polar surface area (TPSA) is 74.7 Å². The first kappa shape index (κ1) is 21.0. The van der Waals surface area contributed by atoms with Crippen LogP contribution in [0, 0.1) is 18.8 Å². The summed E-state index contributed by atoms with van der Waals surface area (Å²) in [5.74, 6) is 1.23. The number of hydrogen-bond donors (Lipinski definition) is 1. The van der Waals surface area contributed by atoms with Crippen LogP contribution in [-0.2, 0) is 9.59 Å². The van der Waals surface area contributed by atoms with Crippen LogP contribution in [0.5, 0.6) is 0 Å². The Labute approximate surface area is 150 Å².